The van der Waals surface area contributed by atoms with Crippen LogP contribution in [-0.2, 0) is 0 Å². The quantitative estimate of drug-likeness (QED) is 0.234. The van der Waals surface area contributed by atoms with Gasteiger partial charge in [0.15, 0.2) is 0 Å². The van der Waals surface area contributed by atoms with E-state index in [1.54, 1.807) is 0 Å². The third kappa shape index (κ3) is 5.46. The van der Waals surface area contributed by atoms with E-state index >= 15 is 0 Å². The van der Waals surface area contributed by atoms with E-state index in [2.05, 4.69) is 142 Å². The molecule has 0 saturated carbocycles. The summed E-state index contributed by atoms with van der Waals surface area (Å²) < 4.78 is 0. The minimum absolute atomic E-state index is 0.624. The van der Waals surface area contributed by atoms with E-state index in [9.17, 15) is 0 Å². The van der Waals surface area contributed by atoms with Crippen molar-refractivity contribution in [1.82, 2.24) is 0 Å². The fraction of sp³-hybridized carbons (Fsp3) is 0.0909. The topological polar surface area (TPSA) is 0 Å². The zero-order chi connectivity index (χ0) is 24.2. The lowest BCUT2D eigenvalue weighted by atomic mass is 10.1. The summed E-state index contributed by atoms with van der Waals surface area (Å²) in [5.74, 6) is 0. The van der Waals surface area contributed by atoms with Crippen LogP contribution in [-0.4, -0.2) is 0 Å². The molecule has 0 bridgehead atoms. The highest BCUT2D eigenvalue weighted by molar-refractivity contribution is 7.80. The van der Waals surface area contributed by atoms with Crippen molar-refractivity contribution >= 4 is 43.0 Å². The molecule has 5 rings (SSSR count). The number of rotatable bonds is 6. The van der Waals surface area contributed by atoms with E-state index in [0.29, 0.717) is 8.58 Å². The summed E-state index contributed by atoms with van der Waals surface area (Å²) in [6.07, 6.45) is 0. The molecule has 172 valence electrons. The summed E-state index contributed by atoms with van der Waals surface area (Å²) in [6, 6.07) is 45.2. The Morgan fingerprint density at radius 1 is 0.457 bits per heavy atom. The van der Waals surface area contributed by atoms with Gasteiger partial charge < -0.3 is 0 Å². The molecule has 1 atom stereocenters. The third-order valence-corrected chi connectivity index (χ3v) is 10.1. The van der Waals surface area contributed by atoms with Gasteiger partial charge in [-0.3, -0.25) is 0 Å². The first-order chi connectivity index (χ1) is 17.1. The zero-order valence-electron chi connectivity index (χ0n) is 20.5. The summed E-state index contributed by atoms with van der Waals surface area (Å²) in [5.41, 5.74) is 6.58. The molecule has 0 heterocycles. The molecule has 5 aromatic carbocycles. The first-order valence-corrected chi connectivity index (χ1v) is 14.4. The Bertz CT molecular complexity index is 1370. The van der Waals surface area contributed by atoms with Gasteiger partial charge in [0.2, 0.25) is 0 Å². The van der Waals surface area contributed by atoms with Crippen molar-refractivity contribution in [1.29, 1.82) is 0 Å². The fourth-order valence-electron chi connectivity index (χ4n) is 4.33. The van der Waals surface area contributed by atoms with Crippen molar-refractivity contribution in [3.8, 4) is 11.1 Å². The SMILES string of the molecule is Cc1ccc(Pc2ccccc2-c2ccccc2P(c2ccc(C)cc2)c2ccc(C)cc2)cc1. The summed E-state index contributed by atoms with van der Waals surface area (Å²) in [7, 11) is -0.0639. The van der Waals surface area contributed by atoms with Gasteiger partial charge in [-0.05, 0) is 66.3 Å². The van der Waals surface area contributed by atoms with E-state index in [1.165, 1.54) is 54.3 Å². The Balaban J connectivity index is 1.65. The zero-order valence-corrected chi connectivity index (χ0v) is 22.4. The Kier molecular flexibility index (Phi) is 7.24. The van der Waals surface area contributed by atoms with Crippen LogP contribution in [0.25, 0.3) is 11.1 Å². The Hall–Kier alpha value is -3.04. The maximum absolute atomic E-state index is 2.34. The molecule has 0 aliphatic carbocycles. The van der Waals surface area contributed by atoms with Crippen LogP contribution in [0.1, 0.15) is 16.7 Å². The molecular formula is C33H30P2. The average molecular weight is 489 g/mol. The normalized spacial score (nSPS) is 11.4. The maximum atomic E-state index is 2.34. The van der Waals surface area contributed by atoms with E-state index in [-0.39, 0.29) is 0 Å². The summed E-state index contributed by atoms with van der Waals surface area (Å²) >= 11 is 0. The molecule has 0 saturated heterocycles. The molecule has 35 heavy (non-hydrogen) atoms. The van der Waals surface area contributed by atoms with E-state index in [4.69, 9.17) is 0 Å². The minimum atomic E-state index is -0.688. The highest BCUT2D eigenvalue weighted by Crippen LogP contribution is 2.37. The lowest BCUT2D eigenvalue weighted by Gasteiger charge is -2.24. The van der Waals surface area contributed by atoms with E-state index in [0.717, 1.165) is 0 Å². The van der Waals surface area contributed by atoms with Gasteiger partial charge in [-0.15, -0.1) is 0 Å². The van der Waals surface area contributed by atoms with Crippen molar-refractivity contribution in [2.24, 2.45) is 0 Å². The summed E-state index contributed by atoms with van der Waals surface area (Å²) in [4.78, 5) is 0. The highest BCUT2D eigenvalue weighted by Gasteiger charge is 2.21. The van der Waals surface area contributed by atoms with Crippen molar-refractivity contribution in [3.63, 3.8) is 0 Å². The van der Waals surface area contributed by atoms with Crippen LogP contribution in [0.15, 0.2) is 121 Å². The standard InChI is InChI=1S/C33H30P2/c1-24-12-18-27(19-13-24)34-32-10-6-4-8-30(32)31-9-5-7-11-33(31)35(28-20-14-25(2)15-21-28)29-22-16-26(3)17-23-29/h4-23,34H,1-3H3. The van der Waals surface area contributed by atoms with Gasteiger partial charge in [0.05, 0.1) is 0 Å². The van der Waals surface area contributed by atoms with Gasteiger partial charge in [-0.25, -0.2) is 0 Å². The van der Waals surface area contributed by atoms with Crippen molar-refractivity contribution in [2.75, 3.05) is 0 Å². The second-order valence-electron chi connectivity index (χ2n) is 9.06. The van der Waals surface area contributed by atoms with Gasteiger partial charge in [0.25, 0.3) is 0 Å². The third-order valence-electron chi connectivity index (χ3n) is 6.28. The molecule has 0 fully saturated rings. The van der Waals surface area contributed by atoms with Crippen LogP contribution in [0.5, 0.6) is 0 Å². The Morgan fingerprint density at radius 3 is 1.49 bits per heavy atom. The number of hydrogen-bond donors (Lipinski definition) is 0. The molecular weight excluding hydrogens is 458 g/mol. The van der Waals surface area contributed by atoms with Gasteiger partial charge in [-0.2, -0.15) is 0 Å². The molecule has 2 heteroatoms. The number of hydrogen-bond acceptors (Lipinski definition) is 0. The van der Waals surface area contributed by atoms with Gasteiger partial charge >= 0.3 is 0 Å². The molecule has 0 aliphatic rings. The number of benzene rings is 5. The van der Waals surface area contributed by atoms with Gasteiger partial charge in [0, 0.05) is 0 Å². The molecule has 0 N–H and O–H groups in total. The Morgan fingerprint density at radius 2 is 0.914 bits per heavy atom. The summed E-state index contributed by atoms with van der Waals surface area (Å²) in [6.45, 7) is 6.47. The first-order valence-electron chi connectivity index (χ1n) is 12.0. The predicted molar refractivity (Wildman–Crippen MR) is 159 cm³/mol. The minimum Gasteiger partial charge on any atom is -0.0616 e. The molecule has 0 aromatic heterocycles. The lowest BCUT2D eigenvalue weighted by Crippen LogP contribution is -2.23. The first kappa shape index (κ1) is 23.7. The molecule has 0 aliphatic heterocycles. The molecule has 0 spiro atoms. The smallest absolute Gasteiger partial charge is 0.00724 e. The largest absolute Gasteiger partial charge is 0.0616 e. The van der Waals surface area contributed by atoms with Crippen LogP contribution in [0, 0.1) is 20.8 Å². The van der Waals surface area contributed by atoms with Crippen LogP contribution >= 0.6 is 16.5 Å². The van der Waals surface area contributed by atoms with Crippen LogP contribution in [0.2, 0.25) is 0 Å². The monoisotopic (exact) mass is 488 g/mol. The van der Waals surface area contributed by atoms with Gasteiger partial charge in [0.1, 0.15) is 0 Å². The molecule has 0 nitrogen and oxygen atoms in total. The van der Waals surface area contributed by atoms with Crippen LogP contribution in [0.4, 0.5) is 0 Å². The predicted octanol–water partition coefficient (Wildman–Crippen LogP) is 6.67. The Labute approximate surface area is 212 Å². The lowest BCUT2D eigenvalue weighted by molar-refractivity contribution is 1.49. The van der Waals surface area contributed by atoms with Crippen LogP contribution < -0.4 is 26.5 Å². The highest BCUT2D eigenvalue weighted by atomic mass is 31.1. The van der Waals surface area contributed by atoms with E-state index in [1.807, 2.05) is 0 Å². The summed E-state index contributed by atoms with van der Waals surface area (Å²) in [5, 5.41) is 6.96. The molecule has 0 amide bonds. The van der Waals surface area contributed by atoms with Crippen molar-refractivity contribution < 1.29 is 0 Å². The van der Waals surface area contributed by atoms with E-state index < -0.39 is 7.92 Å². The van der Waals surface area contributed by atoms with Crippen molar-refractivity contribution in [3.05, 3.63) is 138 Å². The maximum Gasteiger partial charge on any atom is -0.00724 e. The van der Waals surface area contributed by atoms with Crippen LogP contribution in [0.3, 0.4) is 0 Å². The second-order valence-corrected chi connectivity index (χ2v) is 12.6. The number of aryl methyl sites for hydroxylation is 3. The van der Waals surface area contributed by atoms with Gasteiger partial charge in [-0.1, -0.05) is 147 Å². The molecule has 1 unspecified atom stereocenters. The fourth-order valence-corrected chi connectivity index (χ4v) is 7.93. The molecule has 0 radical (unpaired) electrons. The average Bonchev–Trinajstić information content (AvgIpc) is 2.89. The second kappa shape index (κ2) is 10.7. The molecule has 5 aromatic rings. The van der Waals surface area contributed by atoms with Crippen molar-refractivity contribution in [2.45, 2.75) is 20.8 Å².